The van der Waals surface area contributed by atoms with Crippen molar-refractivity contribution in [3.63, 3.8) is 0 Å². The summed E-state index contributed by atoms with van der Waals surface area (Å²) in [4.78, 5) is 7.13. The lowest BCUT2D eigenvalue weighted by Gasteiger charge is -2.41. The molecule has 0 aromatic carbocycles. The first kappa shape index (κ1) is 12.8. The number of nitrogens with zero attached hydrogens (tertiary/aromatic N) is 2. The molecular formula is C13H23N3S. The molecule has 1 aromatic heterocycles. The highest BCUT2D eigenvalue weighted by atomic mass is 32.1. The molecule has 2 rings (SSSR count). The molecule has 96 valence electrons. The first-order valence-corrected chi connectivity index (χ1v) is 7.34. The number of piperidine rings is 1. The average Bonchev–Trinajstić information content (AvgIpc) is 2.72. The van der Waals surface area contributed by atoms with Crippen LogP contribution in [0, 0.1) is 11.8 Å². The highest BCUT2D eigenvalue weighted by molar-refractivity contribution is 7.13. The zero-order chi connectivity index (χ0) is 12.6. The van der Waals surface area contributed by atoms with Crippen molar-refractivity contribution in [1.29, 1.82) is 0 Å². The summed E-state index contributed by atoms with van der Waals surface area (Å²) in [5.74, 6) is 1.49. The van der Waals surface area contributed by atoms with E-state index in [4.69, 9.17) is 5.73 Å². The second-order valence-electron chi connectivity index (χ2n) is 5.55. The van der Waals surface area contributed by atoms with Gasteiger partial charge in [-0.25, -0.2) is 4.98 Å². The molecule has 0 bridgehead atoms. The van der Waals surface area contributed by atoms with Crippen LogP contribution in [0.5, 0.6) is 0 Å². The molecule has 1 aliphatic rings. The average molecular weight is 253 g/mol. The minimum atomic E-state index is 0.0370. The summed E-state index contributed by atoms with van der Waals surface area (Å²) in [5, 5.41) is 3.24. The number of hydrogen-bond donors (Lipinski definition) is 1. The predicted octanol–water partition coefficient (Wildman–Crippen LogP) is 3.03. The minimum Gasteiger partial charge on any atom is -0.345 e. The number of hydrogen-bond acceptors (Lipinski definition) is 4. The van der Waals surface area contributed by atoms with Gasteiger partial charge in [-0.05, 0) is 32.1 Å². The molecule has 3 nitrogen and oxygen atoms in total. The lowest BCUT2D eigenvalue weighted by molar-refractivity contribution is 0.296. The zero-order valence-electron chi connectivity index (χ0n) is 11.2. The van der Waals surface area contributed by atoms with Gasteiger partial charge in [0.05, 0.1) is 5.69 Å². The monoisotopic (exact) mass is 253 g/mol. The summed E-state index contributed by atoms with van der Waals surface area (Å²) in [5.41, 5.74) is 6.89. The van der Waals surface area contributed by atoms with E-state index in [0.29, 0.717) is 6.04 Å². The Hall–Kier alpha value is -0.610. The normalized spacial score (nSPS) is 31.6. The highest BCUT2D eigenvalue weighted by Gasteiger charge is 2.30. The number of rotatable bonds is 2. The molecule has 0 spiro atoms. The highest BCUT2D eigenvalue weighted by Crippen LogP contribution is 2.33. The van der Waals surface area contributed by atoms with Crippen molar-refractivity contribution in [2.75, 3.05) is 11.4 Å². The van der Waals surface area contributed by atoms with E-state index in [2.05, 4.69) is 36.0 Å². The summed E-state index contributed by atoms with van der Waals surface area (Å²) in [6.07, 6.45) is 1.32. The van der Waals surface area contributed by atoms with E-state index < -0.39 is 0 Å². The van der Waals surface area contributed by atoms with Crippen molar-refractivity contribution in [1.82, 2.24) is 4.98 Å². The number of thiazole rings is 1. The fraction of sp³-hybridized carbons (Fsp3) is 0.769. The molecule has 1 fully saturated rings. The topological polar surface area (TPSA) is 42.2 Å². The molecule has 4 heteroatoms. The summed E-state index contributed by atoms with van der Waals surface area (Å²) in [7, 11) is 0. The zero-order valence-corrected chi connectivity index (χ0v) is 12.0. The van der Waals surface area contributed by atoms with Crippen LogP contribution in [-0.2, 0) is 0 Å². The summed E-state index contributed by atoms with van der Waals surface area (Å²) in [6, 6.07) is 0.619. The van der Waals surface area contributed by atoms with Gasteiger partial charge in [-0.1, -0.05) is 13.8 Å². The maximum atomic E-state index is 5.87. The van der Waals surface area contributed by atoms with Crippen LogP contribution in [0.2, 0.25) is 0 Å². The van der Waals surface area contributed by atoms with E-state index in [1.165, 1.54) is 6.42 Å². The summed E-state index contributed by atoms with van der Waals surface area (Å²) < 4.78 is 0. The Kier molecular flexibility index (Phi) is 3.73. The van der Waals surface area contributed by atoms with Gasteiger partial charge in [-0.15, -0.1) is 11.3 Å². The van der Waals surface area contributed by atoms with Crippen LogP contribution in [-0.4, -0.2) is 17.6 Å². The SMILES string of the molecule is CC1CC(C)C(C)N(c2nc(C(C)N)cs2)C1. The Morgan fingerprint density at radius 2 is 2.18 bits per heavy atom. The molecular weight excluding hydrogens is 230 g/mol. The standard InChI is InChI=1S/C13H23N3S/c1-8-5-9(2)11(4)16(6-8)13-15-12(7-17-13)10(3)14/h7-11H,5-6,14H2,1-4H3. The molecule has 1 aliphatic heterocycles. The van der Waals surface area contributed by atoms with Gasteiger partial charge in [0.1, 0.15) is 0 Å². The van der Waals surface area contributed by atoms with E-state index >= 15 is 0 Å². The van der Waals surface area contributed by atoms with Gasteiger partial charge in [0.2, 0.25) is 0 Å². The Morgan fingerprint density at radius 3 is 2.76 bits per heavy atom. The molecule has 0 saturated carbocycles. The van der Waals surface area contributed by atoms with Crippen molar-refractivity contribution in [3.05, 3.63) is 11.1 Å². The maximum Gasteiger partial charge on any atom is 0.185 e. The van der Waals surface area contributed by atoms with Crippen LogP contribution < -0.4 is 10.6 Å². The molecule has 1 aromatic rings. The molecule has 0 amide bonds. The fourth-order valence-electron chi connectivity index (χ4n) is 2.58. The second-order valence-corrected chi connectivity index (χ2v) is 6.39. The van der Waals surface area contributed by atoms with Crippen LogP contribution in [0.3, 0.4) is 0 Å². The quantitative estimate of drug-likeness (QED) is 0.881. The first-order chi connectivity index (χ1) is 7.99. The summed E-state index contributed by atoms with van der Waals surface area (Å²) >= 11 is 1.73. The maximum absolute atomic E-state index is 5.87. The van der Waals surface area contributed by atoms with Gasteiger partial charge in [-0.2, -0.15) is 0 Å². The third-order valence-electron chi connectivity index (χ3n) is 3.82. The van der Waals surface area contributed by atoms with Crippen LogP contribution in [0.4, 0.5) is 5.13 Å². The van der Waals surface area contributed by atoms with Crippen molar-refractivity contribution in [2.24, 2.45) is 17.6 Å². The van der Waals surface area contributed by atoms with Crippen LogP contribution in [0.1, 0.15) is 45.9 Å². The predicted molar refractivity (Wildman–Crippen MR) is 74.5 cm³/mol. The van der Waals surface area contributed by atoms with Crippen LogP contribution >= 0.6 is 11.3 Å². The van der Waals surface area contributed by atoms with Crippen LogP contribution in [0.15, 0.2) is 5.38 Å². The second kappa shape index (κ2) is 4.94. The fourth-order valence-corrected chi connectivity index (χ4v) is 3.61. The van der Waals surface area contributed by atoms with Crippen molar-refractivity contribution < 1.29 is 0 Å². The molecule has 0 radical (unpaired) electrons. The van der Waals surface area contributed by atoms with Gasteiger partial charge in [0.15, 0.2) is 5.13 Å². The van der Waals surface area contributed by atoms with E-state index in [-0.39, 0.29) is 6.04 Å². The Balaban J connectivity index is 2.19. The van der Waals surface area contributed by atoms with Crippen LogP contribution in [0.25, 0.3) is 0 Å². The van der Waals surface area contributed by atoms with Crippen molar-refractivity contribution >= 4 is 16.5 Å². The van der Waals surface area contributed by atoms with E-state index in [1.54, 1.807) is 11.3 Å². The minimum absolute atomic E-state index is 0.0370. The smallest absolute Gasteiger partial charge is 0.185 e. The summed E-state index contributed by atoms with van der Waals surface area (Å²) in [6.45, 7) is 10.1. The lowest BCUT2D eigenvalue weighted by Crippen LogP contribution is -2.45. The number of anilines is 1. The molecule has 4 atom stereocenters. The third kappa shape index (κ3) is 2.63. The van der Waals surface area contributed by atoms with Gasteiger partial charge in [0.25, 0.3) is 0 Å². The Labute approximate surface area is 108 Å². The van der Waals surface area contributed by atoms with E-state index in [1.807, 2.05) is 6.92 Å². The molecule has 2 heterocycles. The lowest BCUT2D eigenvalue weighted by atomic mass is 9.86. The van der Waals surface area contributed by atoms with E-state index in [0.717, 1.165) is 29.2 Å². The van der Waals surface area contributed by atoms with Crippen molar-refractivity contribution in [2.45, 2.75) is 46.2 Å². The van der Waals surface area contributed by atoms with Gasteiger partial charge in [0, 0.05) is 24.0 Å². The van der Waals surface area contributed by atoms with E-state index in [9.17, 15) is 0 Å². The molecule has 4 unspecified atom stereocenters. The first-order valence-electron chi connectivity index (χ1n) is 6.46. The Bertz CT molecular complexity index is 374. The van der Waals surface area contributed by atoms with Gasteiger partial charge >= 0.3 is 0 Å². The van der Waals surface area contributed by atoms with Gasteiger partial charge in [-0.3, -0.25) is 0 Å². The number of nitrogens with two attached hydrogens (primary N) is 1. The Morgan fingerprint density at radius 1 is 1.47 bits per heavy atom. The molecule has 0 aliphatic carbocycles. The third-order valence-corrected chi connectivity index (χ3v) is 4.72. The van der Waals surface area contributed by atoms with Crippen molar-refractivity contribution in [3.8, 4) is 0 Å². The molecule has 2 N–H and O–H groups in total. The molecule has 17 heavy (non-hydrogen) atoms. The van der Waals surface area contributed by atoms with Gasteiger partial charge < -0.3 is 10.6 Å². The largest absolute Gasteiger partial charge is 0.345 e. The molecule has 1 saturated heterocycles. The number of aromatic nitrogens is 1.